The number of allylic oxidation sites excluding steroid dienone is 2. The van der Waals surface area contributed by atoms with Gasteiger partial charge in [0, 0.05) is 25.8 Å². The number of urea groups is 1. The lowest BCUT2D eigenvalue weighted by molar-refractivity contribution is 0.0121. The number of carbonyl (C=O) groups excluding carboxylic acids is 1. The molecule has 0 spiro atoms. The number of tetrazole rings is 1. The van der Waals surface area contributed by atoms with E-state index in [0.717, 1.165) is 24.0 Å². The molecule has 1 aliphatic heterocycles. The number of H-pyrrole nitrogens is 1. The number of rotatable bonds is 4. The van der Waals surface area contributed by atoms with Crippen molar-refractivity contribution >= 4 is 28.8 Å². The number of halogens is 1. The number of nitrogens with zero attached hydrogens (tertiary/aromatic N) is 4. The second-order valence-electron chi connectivity index (χ2n) is 9.68. The summed E-state index contributed by atoms with van der Waals surface area (Å²) in [6.45, 7) is 8.18. The fourth-order valence-corrected chi connectivity index (χ4v) is 5.07. The van der Waals surface area contributed by atoms with E-state index >= 15 is 0 Å². The molecule has 2 aromatic rings. The molecule has 4 rings (SSSR count). The summed E-state index contributed by atoms with van der Waals surface area (Å²) in [6.07, 6.45) is 5.65. The number of benzene rings is 1. The molecule has 2 atom stereocenters. The molecule has 2 heterocycles. The zero-order valence-corrected chi connectivity index (χ0v) is 20.3. The van der Waals surface area contributed by atoms with Crippen LogP contribution in [0.15, 0.2) is 42.5 Å². The number of likely N-dealkylation sites (tertiary alicyclic amines) is 1. The number of ether oxygens (including phenoxy) is 1. The number of amides is 2. The highest BCUT2D eigenvalue weighted by Crippen LogP contribution is 2.41. The molecule has 1 aromatic heterocycles. The van der Waals surface area contributed by atoms with E-state index in [1.807, 2.05) is 41.3 Å². The molecule has 1 saturated heterocycles. The summed E-state index contributed by atoms with van der Waals surface area (Å²) in [7, 11) is 1.53. The highest BCUT2D eigenvalue weighted by atomic mass is 35.5. The first kappa shape index (κ1) is 23.4. The van der Waals surface area contributed by atoms with E-state index in [9.17, 15) is 4.79 Å². The van der Waals surface area contributed by atoms with Gasteiger partial charge in [0.15, 0.2) is 5.72 Å². The van der Waals surface area contributed by atoms with E-state index in [-0.39, 0.29) is 11.4 Å². The monoisotopic (exact) mass is 470 g/mol. The molecule has 2 N–H and O–H groups in total. The first-order valence-corrected chi connectivity index (χ1v) is 11.7. The predicted octanol–water partition coefficient (Wildman–Crippen LogP) is 4.10. The van der Waals surface area contributed by atoms with Gasteiger partial charge in [0.2, 0.25) is 5.82 Å². The molecule has 1 aliphatic carbocycles. The third-order valence-electron chi connectivity index (χ3n) is 6.74. The van der Waals surface area contributed by atoms with Gasteiger partial charge in [0.05, 0.1) is 0 Å². The minimum absolute atomic E-state index is 0.199. The molecule has 1 fully saturated rings. The molecule has 2 amide bonds. The van der Waals surface area contributed by atoms with Gasteiger partial charge in [-0.25, -0.2) is 4.79 Å². The number of hydrogen-bond donors (Lipinski definition) is 2. The third-order valence-corrected chi connectivity index (χ3v) is 7.28. The summed E-state index contributed by atoms with van der Waals surface area (Å²) >= 11 is 7.02. The first-order chi connectivity index (χ1) is 15.7. The van der Waals surface area contributed by atoms with Crippen molar-refractivity contribution in [2.75, 3.05) is 20.2 Å². The Labute approximate surface area is 199 Å². The fraction of sp³-hybridized carbons (Fsp3) is 0.500. The Morgan fingerprint density at radius 2 is 1.94 bits per heavy atom. The standard InChI is InChI=1S/C24H31ClN6O2/c1-23(2,3)17-11-14-31(15-12-17)22(32)26-24(33-4)13-10-18(16-8-6-5-7-9-16)19(20(24)25)21-27-29-30-28-21/h5-10,13,17,20H,11-12,14-15H2,1-4H3,(H,26,32)(H,27,28,29,30). The molecule has 8 nitrogen and oxygen atoms in total. The summed E-state index contributed by atoms with van der Waals surface area (Å²) in [4.78, 5) is 15.1. The molecule has 176 valence electrons. The molecule has 0 bridgehead atoms. The van der Waals surface area contributed by atoms with E-state index in [2.05, 4.69) is 46.7 Å². The van der Waals surface area contributed by atoms with Crippen LogP contribution in [0.3, 0.4) is 0 Å². The Balaban J connectivity index is 1.59. The molecule has 1 aromatic carbocycles. The average Bonchev–Trinajstić information content (AvgIpc) is 3.35. The van der Waals surface area contributed by atoms with Crippen LogP contribution in [-0.4, -0.2) is 62.9 Å². The quantitative estimate of drug-likeness (QED) is 0.518. The zero-order valence-electron chi connectivity index (χ0n) is 19.5. The molecule has 0 saturated carbocycles. The maximum Gasteiger partial charge on any atom is 0.319 e. The summed E-state index contributed by atoms with van der Waals surface area (Å²) < 4.78 is 5.84. The molecule has 2 unspecified atom stereocenters. The Kier molecular flexibility index (Phi) is 6.59. The van der Waals surface area contributed by atoms with E-state index in [4.69, 9.17) is 16.3 Å². The number of carbonyl (C=O) groups is 1. The predicted molar refractivity (Wildman–Crippen MR) is 128 cm³/mol. The van der Waals surface area contributed by atoms with Crippen LogP contribution in [0.2, 0.25) is 0 Å². The Morgan fingerprint density at radius 3 is 2.52 bits per heavy atom. The maximum absolute atomic E-state index is 13.3. The van der Waals surface area contributed by atoms with Gasteiger partial charge in [-0.05, 0) is 46.6 Å². The van der Waals surface area contributed by atoms with Crippen LogP contribution in [0.5, 0.6) is 0 Å². The van der Waals surface area contributed by atoms with Crippen LogP contribution in [0.4, 0.5) is 4.79 Å². The summed E-state index contributed by atoms with van der Waals surface area (Å²) in [5.74, 6) is 0.953. The van der Waals surface area contributed by atoms with E-state index in [1.165, 1.54) is 7.11 Å². The van der Waals surface area contributed by atoms with Gasteiger partial charge in [-0.2, -0.15) is 5.21 Å². The number of hydrogen-bond acceptors (Lipinski definition) is 5. The SMILES string of the molecule is COC1(NC(=O)N2CCC(C(C)(C)C)CC2)C=CC(c2ccccc2)=C(c2nn[nH]n2)C1Cl. The van der Waals surface area contributed by atoms with Gasteiger partial charge in [-0.1, -0.05) is 57.2 Å². The Bertz CT molecular complexity index is 1020. The Morgan fingerprint density at radius 1 is 1.24 bits per heavy atom. The molecular weight excluding hydrogens is 440 g/mol. The Hall–Kier alpha value is -2.71. The number of nitrogens with one attached hydrogen (secondary N) is 2. The van der Waals surface area contributed by atoms with Crippen LogP contribution in [0, 0.1) is 11.3 Å². The van der Waals surface area contributed by atoms with Gasteiger partial charge < -0.3 is 15.0 Å². The number of methoxy groups -OCH3 is 1. The van der Waals surface area contributed by atoms with E-state index in [1.54, 1.807) is 6.08 Å². The molecule has 2 aliphatic rings. The second kappa shape index (κ2) is 9.27. The molecular formula is C24H31ClN6O2. The number of aromatic nitrogens is 4. The van der Waals surface area contributed by atoms with Crippen molar-refractivity contribution in [1.29, 1.82) is 0 Å². The van der Waals surface area contributed by atoms with Crippen molar-refractivity contribution < 1.29 is 9.53 Å². The van der Waals surface area contributed by atoms with Gasteiger partial charge in [-0.3, -0.25) is 0 Å². The van der Waals surface area contributed by atoms with Gasteiger partial charge in [-0.15, -0.1) is 21.8 Å². The first-order valence-electron chi connectivity index (χ1n) is 11.2. The van der Waals surface area contributed by atoms with Crippen molar-refractivity contribution in [3.8, 4) is 0 Å². The van der Waals surface area contributed by atoms with Gasteiger partial charge in [0.1, 0.15) is 5.38 Å². The topological polar surface area (TPSA) is 96.0 Å². The number of alkyl halides is 1. The van der Waals surface area contributed by atoms with E-state index in [0.29, 0.717) is 30.4 Å². The highest BCUT2D eigenvalue weighted by Gasteiger charge is 2.45. The fourth-order valence-electron chi connectivity index (χ4n) is 4.63. The second-order valence-corrected chi connectivity index (χ2v) is 10.1. The maximum atomic E-state index is 13.3. The largest absolute Gasteiger partial charge is 0.353 e. The van der Waals surface area contributed by atoms with Crippen LogP contribution in [0.25, 0.3) is 11.1 Å². The van der Waals surface area contributed by atoms with Crippen LogP contribution >= 0.6 is 11.6 Å². The lowest BCUT2D eigenvalue weighted by Gasteiger charge is -2.42. The summed E-state index contributed by atoms with van der Waals surface area (Å²) in [5.41, 5.74) is 1.42. The lowest BCUT2D eigenvalue weighted by atomic mass is 9.75. The molecule has 0 radical (unpaired) electrons. The van der Waals surface area contributed by atoms with Crippen molar-refractivity contribution in [2.45, 2.75) is 44.7 Å². The highest BCUT2D eigenvalue weighted by molar-refractivity contribution is 6.30. The zero-order chi connectivity index (χ0) is 23.6. The van der Waals surface area contributed by atoms with Crippen molar-refractivity contribution in [1.82, 2.24) is 30.8 Å². The van der Waals surface area contributed by atoms with Crippen LogP contribution < -0.4 is 5.32 Å². The summed E-state index contributed by atoms with van der Waals surface area (Å²) in [6, 6.07) is 9.63. The van der Waals surface area contributed by atoms with Crippen molar-refractivity contribution in [3.63, 3.8) is 0 Å². The molecule has 9 heteroatoms. The number of aromatic amines is 1. The van der Waals surface area contributed by atoms with Crippen molar-refractivity contribution in [2.24, 2.45) is 11.3 Å². The third kappa shape index (κ3) is 4.68. The van der Waals surface area contributed by atoms with Crippen LogP contribution in [0.1, 0.15) is 45.0 Å². The normalized spacial score (nSPS) is 24.3. The smallest absolute Gasteiger partial charge is 0.319 e. The molecule has 33 heavy (non-hydrogen) atoms. The minimum Gasteiger partial charge on any atom is -0.353 e. The van der Waals surface area contributed by atoms with Crippen molar-refractivity contribution in [3.05, 3.63) is 53.9 Å². The average molecular weight is 471 g/mol. The summed E-state index contributed by atoms with van der Waals surface area (Å²) in [5, 5.41) is 16.8. The van der Waals surface area contributed by atoms with Crippen LogP contribution in [-0.2, 0) is 4.74 Å². The minimum atomic E-state index is -1.26. The lowest BCUT2D eigenvalue weighted by Crippen LogP contribution is -2.60. The van der Waals surface area contributed by atoms with Gasteiger partial charge in [0.25, 0.3) is 0 Å². The number of piperidine rings is 1. The van der Waals surface area contributed by atoms with E-state index < -0.39 is 11.1 Å². The van der Waals surface area contributed by atoms with Gasteiger partial charge >= 0.3 is 6.03 Å².